The first kappa shape index (κ1) is 41.0. The zero-order valence-electron chi connectivity index (χ0n) is 30.1. The summed E-state index contributed by atoms with van der Waals surface area (Å²) in [6, 6.07) is 21.5. The predicted octanol–water partition coefficient (Wildman–Crippen LogP) is 6.86. The van der Waals surface area contributed by atoms with Crippen molar-refractivity contribution in [3.8, 4) is 0 Å². The summed E-state index contributed by atoms with van der Waals surface area (Å²) in [4.78, 5) is 18.0. The highest BCUT2D eigenvalue weighted by Gasteiger charge is 2.27. The Hall–Kier alpha value is -3.45. The number of hydrogen-bond acceptors (Lipinski definition) is 8. The molecular formula is C38H56N4O6S2. The highest BCUT2D eigenvalue weighted by Crippen LogP contribution is 2.36. The molecule has 12 heteroatoms. The fourth-order valence-corrected chi connectivity index (χ4v) is 7.65. The van der Waals surface area contributed by atoms with E-state index in [-0.39, 0.29) is 15.7 Å². The number of hydrogen-bond donors (Lipinski definition) is 3. The van der Waals surface area contributed by atoms with Crippen LogP contribution in [0.3, 0.4) is 0 Å². The van der Waals surface area contributed by atoms with Crippen LogP contribution in [0.5, 0.6) is 0 Å². The Morgan fingerprint density at radius 1 is 0.840 bits per heavy atom. The summed E-state index contributed by atoms with van der Waals surface area (Å²) < 4.78 is 55.2. The maximum Gasteiger partial charge on any atom is 0.294 e. The molecule has 0 spiro atoms. The van der Waals surface area contributed by atoms with Crippen LogP contribution in [-0.2, 0) is 20.0 Å². The van der Waals surface area contributed by atoms with Crippen molar-refractivity contribution in [1.29, 1.82) is 0 Å². The number of carbonyl (C=O) groups excluding carboxylic acids is 1. The third-order valence-electron chi connectivity index (χ3n) is 8.90. The lowest BCUT2D eigenvalue weighted by Gasteiger charge is -2.35. The summed E-state index contributed by atoms with van der Waals surface area (Å²) in [6.07, 6.45) is 8.67. The Kier molecular flexibility index (Phi) is 16.7. The fourth-order valence-electron chi connectivity index (χ4n) is 6.25. The topological polar surface area (TPSA) is 136 Å². The Balaban J connectivity index is 0.000000479. The number of nitrogens with one attached hydrogen (secondary N) is 2. The van der Waals surface area contributed by atoms with Crippen LogP contribution in [0.1, 0.15) is 87.6 Å². The van der Waals surface area contributed by atoms with Crippen LogP contribution in [0.15, 0.2) is 82.6 Å². The van der Waals surface area contributed by atoms with E-state index in [9.17, 15) is 21.6 Å². The Bertz CT molecular complexity index is 1670. The average molecular weight is 729 g/mol. The van der Waals surface area contributed by atoms with E-state index in [0.717, 1.165) is 64.8 Å². The van der Waals surface area contributed by atoms with Gasteiger partial charge >= 0.3 is 0 Å². The van der Waals surface area contributed by atoms with E-state index in [1.165, 1.54) is 36.8 Å². The molecule has 10 nitrogen and oxygen atoms in total. The second kappa shape index (κ2) is 20.4. The van der Waals surface area contributed by atoms with Gasteiger partial charge in [-0.05, 0) is 80.9 Å². The zero-order valence-corrected chi connectivity index (χ0v) is 31.7. The number of anilines is 2. The maximum atomic E-state index is 13.2. The van der Waals surface area contributed by atoms with Crippen molar-refractivity contribution >= 4 is 37.2 Å². The lowest BCUT2D eigenvalue weighted by Crippen LogP contribution is -2.34. The number of likely N-dealkylation sites (tertiary alicyclic amines) is 1. The summed E-state index contributed by atoms with van der Waals surface area (Å²) in [5.41, 5.74) is 3.16. The van der Waals surface area contributed by atoms with Crippen molar-refractivity contribution in [3.05, 3.63) is 83.9 Å². The van der Waals surface area contributed by atoms with Crippen LogP contribution in [0, 0.1) is 0 Å². The molecule has 2 aliphatic heterocycles. The quantitative estimate of drug-likeness (QED) is 0.127. The second-order valence-electron chi connectivity index (χ2n) is 12.5. The van der Waals surface area contributed by atoms with Gasteiger partial charge in [-0.2, -0.15) is 8.42 Å². The zero-order chi connectivity index (χ0) is 36.6. The molecule has 276 valence electrons. The molecule has 5 rings (SSSR count). The Morgan fingerprint density at radius 3 is 1.98 bits per heavy atom. The molecule has 3 N–H and O–H groups in total. The Labute approximate surface area is 300 Å². The molecule has 50 heavy (non-hydrogen) atoms. The van der Waals surface area contributed by atoms with Gasteiger partial charge in [0.15, 0.2) is 9.84 Å². The third kappa shape index (κ3) is 12.7. The number of rotatable bonds is 13. The van der Waals surface area contributed by atoms with E-state index in [2.05, 4.69) is 51.6 Å². The molecule has 0 saturated carbocycles. The number of nitrogens with zero attached hydrogens (tertiary/aromatic N) is 2. The number of benzene rings is 3. The number of carbonyl (C=O) groups is 1. The van der Waals surface area contributed by atoms with Gasteiger partial charge in [0.2, 0.25) is 0 Å². The molecule has 0 unspecified atom stereocenters. The van der Waals surface area contributed by atoms with E-state index >= 15 is 0 Å². The van der Waals surface area contributed by atoms with Crippen molar-refractivity contribution in [3.63, 3.8) is 0 Å². The molecule has 1 amide bonds. The van der Waals surface area contributed by atoms with Gasteiger partial charge in [0, 0.05) is 44.7 Å². The molecule has 2 saturated heterocycles. The molecule has 2 heterocycles. The lowest BCUT2D eigenvalue weighted by molar-refractivity contribution is 0.0953. The molecule has 0 atom stereocenters. The van der Waals surface area contributed by atoms with Crippen molar-refractivity contribution in [2.75, 3.05) is 62.3 Å². The van der Waals surface area contributed by atoms with Gasteiger partial charge < -0.3 is 20.4 Å². The molecule has 0 aromatic heterocycles. The molecule has 3 aromatic rings. The second-order valence-corrected chi connectivity index (χ2v) is 15.9. The van der Waals surface area contributed by atoms with Crippen LogP contribution < -0.4 is 15.5 Å². The van der Waals surface area contributed by atoms with Gasteiger partial charge in [-0.1, -0.05) is 82.1 Å². The first-order valence-corrected chi connectivity index (χ1v) is 21.3. The minimum atomic E-state index is -4.00. The number of piperidine rings is 1. The van der Waals surface area contributed by atoms with Crippen LogP contribution in [0.2, 0.25) is 0 Å². The number of sulfone groups is 1. The molecule has 0 bridgehead atoms. The SMILES string of the molecule is CC.CCCCCNC(=O)c1cc(S(C)(=O)=O)c(N2CCC(c3ccccc3)CC2)cc1NCCN1CCCC1.O=S(=O)(O)c1ccccc1. The monoisotopic (exact) mass is 728 g/mol. The van der Waals surface area contributed by atoms with Crippen LogP contribution in [0.25, 0.3) is 0 Å². The Morgan fingerprint density at radius 2 is 1.44 bits per heavy atom. The van der Waals surface area contributed by atoms with Gasteiger partial charge in [0.1, 0.15) is 0 Å². The molecule has 2 fully saturated rings. The van der Waals surface area contributed by atoms with Crippen molar-refractivity contribution < 1.29 is 26.2 Å². The minimum Gasteiger partial charge on any atom is -0.383 e. The third-order valence-corrected chi connectivity index (χ3v) is 10.9. The van der Waals surface area contributed by atoms with Gasteiger partial charge in [0.05, 0.1) is 21.0 Å². The van der Waals surface area contributed by atoms with Gasteiger partial charge in [-0.25, -0.2) is 8.42 Å². The van der Waals surface area contributed by atoms with Crippen LogP contribution >= 0.6 is 0 Å². The van der Waals surface area contributed by atoms with E-state index in [0.29, 0.717) is 35.9 Å². The van der Waals surface area contributed by atoms with Gasteiger partial charge in [-0.15, -0.1) is 0 Å². The summed E-state index contributed by atoms with van der Waals surface area (Å²) in [5, 5.41) is 6.50. The molecule has 0 radical (unpaired) electrons. The normalized spacial score (nSPS) is 15.3. The summed E-state index contributed by atoms with van der Waals surface area (Å²) >= 11 is 0. The fraction of sp³-hybridized carbons (Fsp3) is 0.500. The summed E-state index contributed by atoms with van der Waals surface area (Å²) in [6.45, 7) is 12.1. The highest BCUT2D eigenvalue weighted by molar-refractivity contribution is 7.90. The standard InChI is InChI=1S/C30H44N4O3S.C6H6O3S.C2H6/c1-3-4-8-15-32-30(35)26-22-29(38(2,36)37)28(23-27(26)31-16-21-33-17-9-10-18-33)34-19-13-25(14-20-34)24-11-6-5-7-12-24;7-10(8,9)6-4-2-1-3-5-6;1-2/h5-7,11-12,22-23,25,31H,3-4,8-10,13-21H2,1-2H3,(H,32,35);1-5H,(H,7,8,9);1-2H3. The van der Waals surface area contributed by atoms with Gasteiger partial charge in [0.25, 0.3) is 16.0 Å². The van der Waals surface area contributed by atoms with Crippen molar-refractivity contribution in [2.24, 2.45) is 0 Å². The van der Waals surface area contributed by atoms with E-state index in [1.807, 2.05) is 26.0 Å². The number of unbranched alkanes of at least 4 members (excludes halogenated alkanes) is 2. The lowest BCUT2D eigenvalue weighted by atomic mass is 9.89. The van der Waals surface area contributed by atoms with Crippen LogP contribution in [0.4, 0.5) is 11.4 Å². The van der Waals surface area contributed by atoms with E-state index in [1.54, 1.807) is 24.3 Å². The average Bonchev–Trinajstić information content (AvgIpc) is 3.65. The van der Waals surface area contributed by atoms with Crippen molar-refractivity contribution in [2.45, 2.75) is 81.4 Å². The largest absolute Gasteiger partial charge is 0.383 e. The van der Waals surface area contributed by atoms with Crippen molar-refractivity contribution in [1.82, 2.24) is 10.2 Å². The smallest absolute Gasteiger partial charge is 0.294 e. The molecular weight excluding hydrogens is 673 g/mol. The minimum absolute atomic E-state index is 0.0741. The summed E-state index contributed by atoms with van der Waals surface area (Å²) in [5.74, 6) is 0.254. The van der Waals surface area contributed by atoms with Gasteiger partial charge in [-0.3, -0.25) is 9.35 Å². The molecule has 3 aromatic carbocycles. The van der Waals surface area contributed by atoms with Crippen LogP contribution in [-0.4, -0.2) is 84.3 Å². The van der Waals surface area contributed by atoms with E-state index in [4.69, 9.17) is 4.55 Å². The first-order valence-electron chi connectivity index (χ1n) is 17.9. The molecule has 2 aliphatic rings. The first-order chi connectivity index (χ1) is 24.0. The number of amides is 1. The molecule has 0 aliphatic carbocycles. The van der Waals surface area contributed by atoms with E-state index < -0.39 is 20.0 Å². The highest BCUT2D eigenvalue weighted by atomic mass is 32.2. The predicted molar refractivity (Wildman–Crippen MR) is 204 cm³/mol. The summed E-state index contributed by atoms with van der Waals surface area (Å²) in [7, 11) is -7.54. The maximum absolute atomic E-state index is 13.2.